The highest BCUT2D eigenvalue weighted by Gasteiger charge is 2.20. The van der Waals surface area contributed by atoms with Crippen molar-refractivity contribution >= 4 is 27.5 Å². The van der Waals surface area contributed by atoms with Crippen LogP contribution in [-0.4, -0.2) is 23.1 Å². The minimum atomic E-state index is 0.533. The second-order valence-electron chi connectivity index (χ2n) is 9.79. The molecule has 172 valence electrons. The van der Waals surface area contributed by atoms with E-state index in [0.29, 0.717) is 5.92 Å². The molecule has 0 bridgehead atoms. The number of hydrogen-bond donors (Lipinski definition) is 2. The van der Waals surface area contributed by atoms with E-state index in [1.807, 2.05) is 0 Å². The molecule has 3 heterocycles. The summed E-state index contributed by atoms with van der Waals surface area (Å²) in [6.45, 7) is 2.29. The molecule has 1 aliphatic heterocycles. The van der Waals surface area contributed by atoms with Crippen molar-refractivity contribution < 1.29 is 0 Å². The summed E-state index contributed by atoms with van der Waals surface area (Å²) in [7, 11) is 0. The Labute approximate surface area is 201 Å². The first kappa shape index (κ1) is 21.1. The first-order valence-electron chi connectivity index (χ1n) is 12.8. The maximum Gasteiger partial charge on any atom is 0.0456 e. The van der Waals surface area contributed by atoms with Gasteiger partial charge in [0.15, 0.2) is 0 Å². The Bertz CT molecular complexity index is 1330. The third-order valence-corrected chi connectivity index (χ3v) is 7.53. The number of H-pyrrole nitrogens is 2. The third kappa shape index (κ3) is 4.35. The van der Waals surface area contributed by atoms with Crippen molar-refractivity contribution in [1.82, 2.24) is 9.97 Å². The molecule has 0 amide bonds. The van der Waals surface area contributed by atoms with Crippen LogP contribution in [0, 0.1) is 0 Å². The van der Waals surface area contributed by atoms with Crippen molar-refractivity contribution in [2.75, 3.05) is 18.0 Å². The molecule has 6 rings (SSSR count). The summed E-state index contributed by atoms with van der Waals surface area (Å²) in [5.74, 6) is 0.533. The van der Waals surface area contributed by atoms with Gasteiger partial charge in [-0.3, -0.25) is 0 Å². The number of aromatic nitrogens is 2. The molecule has 0 saturated heterocycles. The Morgan fingerprint density at radius 3 is 2.32 bits per heavy atom. The summed E-state index contributed by atoms with van der Waals surface area (Å²) in [5, 5.41) is 2.63. The molecule has 1 unspecified atom stereocenters. The van der Waals surface area contributed by atoms with E-state index in [2.05, 4.69) is 99.8 Å². The van der Waals surface area contributed by atoms with Gasteiger partial charge in [-0.1, -0.05) is 54.6 Å². The van der Waals surface area contributed by atoms with E-state index >= 15 is 0 Å². The van der Waals surface area contributed by atoms with Gasteiger partial charge in [-0.2, -0.15) is 0 Å². The third-order valence-electron chi connectivity index (χ3n) is 7.53. The number of fused-ring (bicyclic) bond motifs is 3. The average Bonchev–Trinajstić information content (AvgIpc) is 3.50. The Balaban J connectivity index is 1.18. The molecule has 3 nitrogen and oxygen atoms in total. The van der Waals surface area contributed by atoms with Crippen LogP contribution in [0.2, 0.25) is 0 Å². The molecule has 34 heavy (non-hydrogen) atoms. The number of aryl methyl sites for hydroxylation is 2. The summed E-state index contributed by atoms with van der Waals surface area (Å²) >= 11 is 0. The highest BCUT2D eigenvalue weighted by Crippen LogP contribution is 2.32. The Hall–Kier alpha value is -3.46. The van der Waals surface area contributed by atoms with E-state index in [-0.39, 0.29) is 0 Å². The van der Waals surface area contributed by atoms with Gasteiger partial charge in [-0.05, 0) is 85.2 Å². The lowest BCUT2D eigenvalue weighted by atomic mass is 9.93. The van der Waals surface area contributed by atoms with Gasteiger partial charge in [0.25, 0.3) is 0 Å². The number of aromatic amines is 2. The van der Waals surface area contributed by atoms with Crippen LogP contribution in [0.4, 0.5) is 5.69 Å². The number of rotatable bonds is 8. The minimum Gasteiger partial charge on any atom is -0.371 e. The zero-order chi connectivity index (χ0) is 22.7. The van der Waals surface area contributed by atoms with Gasteiger partial charge in [-0.25, -0.2) is 0 Å². The second-order valence-corrected chi connectivity index (χ2v) is 9.79. The van der Waals surface area contributed by atoms with Crippen molar-refractivity contribution in [3.63, 3.8) is 0 Å². The first-order chi connectivity index (χ1) is 16.8. The van der Waals surface area contributed by atoms with Crippen molar-refractivity contribution in [2.45, 2.75) is 44.4 Å². The van der Waals surface area contributed by atoms with Gasteiger partial charge < -0.3 is 14.9 Å². The van der Waals surface area contributed by atoms with Crippen molar-refractivity contribution in [3.8, 4) is 0 Å². The number of nitrogens with one attached hydrogen (secondary N) is 2. The number of nitrogens with zero attached hydrogens (tertiary/aromatic N) is 1. The maximum atomic E-state index is 3.75. The molecule has 2 N–H and O–H groups in total. The SMILES string of the molecule is c1ccc2c(c1)CCCN2CCC(CCCc1cc2ccccc2[nH]1)c1cc2ccccc2[nH]1. The minimum absolute atomic E-state index is 0.533. The number of para-hydroxylation sites is 3. The van der Waals surface area contributed by atoms with E-state index in [4.69, 9.17) is 0 Å². The average molecular weight is 448 g/mol. The molecule has 5 aromatic rings. The summed E-state index contributed by atoms with van der Waals surface area (Å²) < 4.78 is 0. The van der Waals surface area contributed by atoms with Gasteiger partial charge in [0, 0.05) is 47.1 Å². The fourth-order valence-electron chi connectivity index (χ4n) is 5.73. The molecule has 1 atom stereocenters. The van der Waals surface area contributed by atoms with Crippen LogP contribution in [0.1, 0.15) is 48.6 Å². The number of anilines is 1. The Kier molecular flexibility index (Phi) is 5.85. The van der Waals surface area contributed by atoms with Crippen molar-refractivity contribution in [3.05, 3.63) is 102 Å². The highest BCUT2D eigenvalue weighted by molar-refractivity contribution is 5.81. The van der Waals surface area contributed by atoms with E-state index in [1.54, 1.807) is 0 Å². The van der Waals surface area contributed by atoms with E-state index < -0.39 is 0 Å². The molecular formula is C31H33N3. The fraction of sp³-hybridized carbons (Fsp3) is 0.290. The van der Waals surface area contributed by atoms with Gasteiger partial charge in [0.05, 0.1) is 0 Å². The van der Waals surface area contributed by atoms with Crippen LogP contribution in [0.5, 0.6) is 0 Å². The smallest absolute Gasteiger partial charge is 0.0456 e. The summed E-state index contributed by atoms with van der Waals surface area (Å²) in [5.41, 5.74) is 8.19. The van der Waals surface area contributed by atoms with Crippen LogP contribution >= 0.6 is 0 Å². The van der Waals surface area contributed by atoms with Gasteiger partial charge in [-0.15, -0.1) is 0 Å². The molecule has 2 aromatic heterocycles. The van der Waals surface area contributed by atoms with E-state index in [9.17, 15) is 0 Å². The predicted molar refractivity (Wildman–Crippen MR) is 144 cm³/mol. The number of benzene rings is 3. The van der Waals surface area contributed by atoms with Crippen molar-refractivity contribution in [1.29, 1.82) is 0 Å². The van der Waals surface area contributed by atoms with Crippen LogP contribution in [-0.2, 0) is 12.8 Å². The number of hydrogen-bond acceptors (Lipinski definition) is 1. The fourth-order valence-corrected chi connectivity index (χ4v) is 5.73. The molecule has 0 fully saturated rings. The molecule has 0 spiro atoms. The van der Waals surface area contributed by atoms with Crippen molar-refractivity contribution in [2.24, 2.45) is 0 Å². The van der Waals surface area contributed by atoms with Gasteiger partial charge in [0.2, 0.25) is 0 Å². The Morgan fingerprint density at radius 1 is 0.765 bits per heavy atom. The monoisotopic (exact) mass is 447 g/mol. The first-order valence-corrected chi connectivity index (χ1v) is 12.8. The van der Waals surface area contributed by atoms with Gasteiger partial charge >= 0.3 is 0 Å². The van der Waals surface area contributed by atoms with Crippen LogP contribution in [0.3, 0.4) is 0 Å². The largest absolute Gasteiger partial charge is 0.371 e. The lowest BCUT2D eigenvalue weighted by Gasteiger charge is -2.32. The molecule has 0 saturated carbocycles. The summed E-state index contributed by atoms with van der Waals surface area (Å²) in [4.78, 5) is 9.97. The molecular weight excluding hydrogens is 414 g/mol. The maximum absolute atomic E-state index is 3.75. The molecule has 1 aliphatic rings. The zero-order valence-corrected chi connectivity index (χ0v) is 19.8. The van der Waals surface area contributed by atoms with Gasteiger partial charge in [0.1, 0.15) is 0 Å². The molecule has 0 radical (unpaired) electrons. The second kappa shape index (κ2) is 9.42. The highest BCUT2D eigenvalue weighted by atomic mass is 15.1. The summed E-state index contributed by atoms with van der Waals surface area (Å²) in [6.07, 6.45) is 7.12. The quantitative estimate of drug-likeness (QED) is 0.252. The molecule has 3 aromatic carbocycles. The predicted octanol–water partition coefficient (Wildman–Crippen LogP) is 7.60. The molecule has 0 aliphatic carbocycles. The van der Waals surface area contributed by atoms with Crippen LogP contribution in [0.25, 0.3) is 21.8 Å². The standard InChI is InChI=1S/C31H33N3/c1-4-15-28-25(10-1)21-27(32-28)14-7-12-23(30-22-26-11-2-5-16-29(26)33-30)18-20-34-19-8-13-24-9-3-6-17-31(24)34/h1-6,9-11,15-17,21-23,32-33H,7-8,12-14,18-20H2. The lowest BCUT2D eigenvalue weighted by molar-refractivity contribution is 0.529. The molecule has 3 heteroatoms. The summed E-state index contributed by atoms with van der Waals surface area (Å²) in [6, 6.07) is 30.9. The lowest BCUT2D eigenvalue weighted by Crippen LogP contribution is -2.31. The van der Waals surface area contributed by atoms with Crippen LogP contribution < -0.4 is 4.90 Å². The topological polar surface area (TPSA) is 34.8 Å². The Morgan fingerprint density at radius 2 is 1.50 bits per heavy atom. The van der Waals surface area contributed by atoms with Crippen LogP contribution in [0.15, 0.2) is 84.9 Å². The van der Waals surface area contributed by atoms with E-state index in [1.165, 1.54) is 83.1 Å². The normalized spacial score (nSPS) is 14.5. The zero-order valence-electron chi connectivity index (χ0n) is 19.8. The van der Waals surface area contributed by atoms with E-state index in [0.717, 1.165) is 13.0 Å².